The standard InChI is InChI=1S/C14H11NO4S/c16-13-14(7-10(14)8-19-13)20(17,18)11-5-1-3-9-4-2-6-15-12(9)11/h1-6,10H,7-8H2/t10-,14+/m0/s1. The van der Waals surface area contributed by atoms with Crippen LogP contribution in [-0.2, 0) is 19.4 Å². The summed E-state index contributed by atoms with van der Waals surface area (Å²) in [5.74, 6) is -0.825. The minimum absolute atomic E-state index is 0.122. The van der Waals surface area contributed by atoms with Crippen molar-refractivity contribution in [2.75, 3.05) is 6.61 Å². The number of ether oxygens (including phenoxy) is 1. The monoisotopic (exact) mass is 289 g/mol. The molecule has 2 aromatic rings. The summed E-state index contributed by atoms with van der Waals surface area (Å²) in [6.45, 7) is 0.205. The number of para-hydroxylation sites is 1. The van der Waals surface area contributed by atoms with Crippen molar-refractivity contribution < 1.29 is 17.9 Å². The third-order valence-corrected chi connectivity index (χ3v) is 6.71. The molecule has 1 aliphatic carbocycles. The van der Waals surface area contributed by atoms with E-state index in [1.165, 1.54) is 6.07 Å². The summed E-state index contributed by atoms with van der Waals surface area (Å²) >= 11 is 0. The van der Waals surface area contributed by atoms with Gasteiger partial charge in [0.1, 0.15) is 0 Å². The molecule has 2 fully saturated rings. The van der Waals surface area contributed by atoms with Gasteiger partial charge in [0.15, 0.2) is 14.6 Å². The van der Waals surface area contributed by atoms with E-state index in [9.17, 15) is 13.2 Å². The highest BCUT2D eigenvalue weighted by Gasteiger charge is 2.74. The van der Waals surface area contributed by atoms with Gasteiger partial charge >= 0.3 is 5.97 Å². The average Bonchev–Trinajstić information content (AvgIpc) is 3.13. The molecule has 1 saturated carbocycles. The Morgan fingerprint density at radius 1 is 1.25 bits per heavy atom. The molecule has 2 aliphatic rings. The number of hydrogen-bond acceptors (Lipinski definition) is 5. The molecule has 6 heteroatoms. The minimum atomic E-state index is -3.78. The molecular formula is C14H11NO4S. The number of esters is 1. The first-order chi connectivity index (χ1) is 9.57. The van der Waals surface area contributed by atoms with Crippen molar-refractivity contribution in [3.05, 3.63) is 36.5 Å². The number of sulfone groups is 1. The van der Waals surface area contributed by atoms with Crippen molar-refractivity contribution in [3.8, 4) is 0 Å². The molecule has 0 radical (unpaired) electrons. The van der Waals surface area contributed by atoms with Crippen LogP contribution in [0.4, 0.5) is 0 Å². The zero-order valence-corrected chi connectivity index (χ0v) is 11.3. The molecule has 1 saturated heterocycles. The fourth-order valence-electron chi connectivity index (χ4n) is 2.98. The molecular weight excluding hydrogens is 278 g/mol. The molecule has 0 bridgehead atoms. The molecule has 4 rings (SSSR count). The SMILES string of the molecule is O=C1OC[C@@H]2C[C@]12S(=O)(=O)c1cccc2cccnc12. The van der Waals surface area contributed by atoms with Crippen LogP contribution in [0.25, 0.3) is 10.9 Å². The van der Waals surface area contributed by atoms with Crippen LogP contribution < -0.4 is 0 Å². The molecule has 102 valence electrons. The second-order valence-corrected chi connectivity index (χ2v) is 7.40. The predicted molar refractivity (Wildman–Crippen MR) is 70.7 cm³/mol. The summed E-state index contributed by atoms with van der Waals surface area (Å²) in [7, 11) is -3.78. The highest BCUT2D eigenvalue weighted by atomic mass is 32.2. The van der Waals surface area contributed by atoms with Gasteiger partial charge in [0.2, 0.25) is 0 Å². The van der Waals surface area contributed by atoms with Crippen molar-refractivity contribution in [1.82, 2.24) is 4.98 Å². The summed E-state index contributed by atoms with van der Waals surface area (Å²) in [6.07, 6.45) is 1.91. The number of cyclic esters (lactones) is 1. The predicted octanol–water partition coefficient (Wildman–Crippen LogP) is 1.32. The maximum Gasteiger partial charge on any atom is 0.328 e. The molecule has 1 aromatic heterocycles. The van der Waals surface area contributed by atoms with Crippen LogP contribution in [0.1, 0.15) is 6.42 Å². The third-order valence-electron chi connectivity index (χ3n) is 4.17. The maximum absolute atomic E-state index is 12.9. The first-order valence-corrected chi connectivity index (χ1v) is 7.81. The molecule has 1 aliphatic heterocycles. The molecule has 0 spiro atoms. The van der Waals surface area contributed by atoms with Gasteiger partial charge < -0.3 is 4.74 Å². The lowest BCUT2D eigenvalue weighted by molar-refractivity contribution is -0.140. The lowest BCUT2D eigenvalue weighted by Crippen LogP contribution is -2.32. The summed E-state index contributed by atoms with van der Waals surface area (Å²) in [4.78, 5) is 16.2. The van der Waals surface area contributed by atoms with Gasteiger partial charge in [-0.05, 0) is 18.6 Å². The zero-order valence-electron chi connectivity index (χ0n) is 10.4. The number of aromatic nitrogens is 1. The molecule has 0 N–H and O–H groups in total. The Hall–Kier alpha value is -1.95. The van der Waals surface area contributed by atoms with E-state index < -0.39 is 20.6 Å². The molecule has 20 heavy (non-hydrogen) atoms. The van der Waals surface area contributed by atoms with E-state index in [-0.39, 0.29) is 17.4 Å². The lowest BCUT2D eigenvalue weighted by Gasteiger charge is -2.12. The van der Waals surface area contributed by atoms with Crippen LogP contribution in [0.2, 0.25) is 0 Å². The highest BCUT2D eigenvalue weighted by molar-refractivity contribution is 7.94. The molecule has 1 aromatic carbocycles. The molecule has 5 nitrogen and oxygen atoms in total. The van der Waals surface area contributed by atoms with Gasteiger partial charge in [-0.25, -0.2) is 8.42 Å². The number of carbonyl (C=O) groups excluding carboxylic acids is 1. The average molecular weight is 289 g/mol. The Kier molecular flexibility index (Phi) is 2.12. The van der Waals surface area contributed by atoms with E-state index >= 15 is 0 Å². The van der Waals surface area contributed by atoms with Crippen molar-refractivity contribution in [2.45, 2.75) is 16.1 Å². The van der Waals surface area contributed by atoms with Crippen LogP contribution in [0.15, 0.2) is 41.4 Å². The van der Waals surface area contributed by atoms with Crippen molar-refractivity contribution >= 4 is 26.7 Å². The number of nitrogens with zero attached hydrogens (tertiary/aromatic N) is 1. The van der Waals surface area contributed by atoms with Crippen molar-refractivity contribution in [2.24, 2.45) is 5.92 Å². The van der Waals surface area contributed by atoms with Gasteiger partial charge in [-0.3, -0.25) is 9.78 Å². The Morgan fingerprint density at radius 2 is 2.05 bits per heavy atom. The summed E-state index contributed by atoms with van der Waals surface area (Å²) in [5.41, 5.74) is 0.412. The zero-order chi connectivity index (χ0) is 14.0. The molecule has 0 unspecified atom stereocenters. The number of carbonyl (C=O) groups is 1. The van der Waals surface area contributed by atoms with Gasteiger partial charge in [-0.15, -0.1) is 0 Å². The van der Waals surface area contributed by atoms with E-state index in [0.717, 1.165) is 5.39 Å². The second kappa shape index (κ2) is 3.58. The summed E-state index contributed by atoms with van der Waals surface area (Å²) in [5, 5.41) is 0.744. The minimum Gasteiger partial charge on any atom is -0.464 e. The number of pyridine rings is 1. The number of fused-ring (bicyclic) bond motifs is 2. The van der Waals surface area contributed by atoms with Gasteiger partial charge in [0.05, 0.1) is 17.0 Å². The molecule has 0 amide bonds. The Balaban J connectivity index is 1.98. The number of hydrogen-bond donors (Lipinski definition) is 0. The van der Waals surface area contributed by atoms with Crippen LogP contribution >= 0.6 is 0 Å². The van der Waals surface area contributed by atoms with Crippen LogP contribution in [0.5, 0.6) is 0 Å². The fraction of sp³-hybridized carbons (Fsp3) is 0.286. The van der Waals surface area contributed by atoms with Crippen molar-refractivity contribution in [1.29, 1.82) is 0 Å². The van der Waals surface area contributed by atoms with Gasteiger partial charge in [0, 0.05) is 17.5 Å². The highest BCUT2D eigenvalue weighted by Crippen LogP contribution is 2.57. The Morgan fingerprint density at radius 3 is 2.75 bits per heavy atom. The van der Waals surface area contributed by atoms with Gasteiger partial charge in [-0.1, -0.05) is 18.2 Å². The lowest BCUT2D eigenvalue weighted by atomic mass is 10.2. The first-order valence-electron chi connectivity index (χ1n) is 6.33. The van der Waals surface area contributed by atoms with Crippen LogP contribution in [-0.4, -0.2) is 30.7 Å². The Labute approximate surface area is 115 Å². The van der Waals surface area contributed by atoms with Gasteiger partial charge in [-0.2, -0.15) is 0 Å². The first kappa shape index (κ1) is 11.8. The largest absolute Gasteiger partial charge is 0.464 e. The van der Waals surface area contributed by atoms with Crippen molar-refractivity contribution in [3.63, 3.8) is 0 Å². The second-order valence-electron chi connectivity index (χ2n) is 5.22. The van der Waals surface area contributed by atoms with E-state index in [1.54, 1.807) is 30.5 Å². The fourth-order valence-corrected chi connectivity index (χ4v) is 5.26. The molecule has 2 atom stereocenters. The summed E-state index contributed by atoms with van der Waals surface area (Å²) in [6, 6.07) is 8.54. The summed E-state index contributed by atoms with van der Waals surface area (Å²) < 4.78 is 29.3. The Bertz CT molecular complexity index is 840. The van der Waals surface area contributed by atoms with Crippen LogP contribution in [0, 0.1) is 5.92 Å². The van der Waals surface area contributed by atoms with Gasteiger partial charge in [0.25, 0.3) is 0 Å². The van der Waals surface area contributed by atoms with E-state index in [2.05, 4.69) is 4.98 Å². The number of rotatable bonds is 2. The van der Waals surface area contributed by atoms with E-state index in [1.807, 2.05) is 0 Å². The van der Waals surface area contributed by atoms with E-state index in [4.69, 9.17) is 4.74 Å². The number of benzene rings is 1. The maximum atomic E-state index is 12.9. The quantitative estimate of drug-likeness (QED) is 0.780. The third kappa shape index (κ3) is 1.24. The normalized spacial score (nSPS) is 28.2. The molecule has 2 heterocycles. The van der Waals surface area contributed by atoms with E-state index in [0.29, 0.717) is 11.9 Å². The van der Waals surface area contributed by atoms with Crippen LogP contribution in [0.3, 0.4) is 0 Å². The smallest absolute Gasteiger partial charge is 0.328 e. The topological polar surface area (TPSA) is 73.3 Å².